The fourth-order valence-corrected chi connectivity index (χ4v) is 0. The summed E-state index contributed by atoms with van der Waals surface area (Å²) in [4.78, 5) is 0. The number of halogens is 3. The zero-order valence-corrected chi connectivity index (χ0v) is 1.84. The molecule has 0 N–H and O–H groups in total. The van der Waals surface area contributed by atoms with Crippen molar-refractivity contribution in [2.45, 2.75) is 0 Å². The minimum atomic E-state index is 0. The molecule has 0 atom stereocenters. The second kappa shape index (κ2) is 6700. The van der Waals surface area contributed by atoms with Crippen LogP contribution in [-0.4, -0.2) is 10.1 Å². The zero-order chi connectivity index (χ0) is 0. The summed E-state index contributed by atoms with van der Waals surface area (Å²) in [6.07, 6.45) is 0. The molecule has 0 saturated heterocycles. The van der Waals surface area contributed by atoms with Crippen molar-refractivity contribution in [3.8, 4) is 0 Å². The van der Waals surface area contributed by atoms with Crippen molar-refractivity contribution in [3.05, 3.63) is 0 Å². The second-order valence-electron chi connectivity index (χ2n) is 0. The minimum Gasteiger partial charge on any atom is -1.00 e. The Morgan fingerprint density at radius 1 is 0.500 bits per heavy atom. The number of hydrogen-bond donors (Lipinski definition) is 0. The Labute approximate surface area is 25.5 Å². The van der Waals surface area contributed by atoms with Crippen molar-refractivity contribution in [2.75, 3.05) is 0 Å². The van der Waals surface area contributed by atoms with E-state index in [-0.39, 0.29) is 24.2 Å². The zero-order valence-electron chi connectivity index (χ0n) is 1.84. The topological polar surface area (TPSA) is 0 Å². The Morgan fingerprint density at radius 2 is 0.500 bits per heavy atom. The first-order chi connectivity index (χ1) is 0. The van der Waals surface area contributed by atoms with E-state index >= 15 is 0 Å². The Kier molecular flexibility index (Phi) is 34200000. The van der Waals surface area contributed by atoms with Crippen LogP contribution in [-0.2, 0) is 0 Å². The standard InChI is InChI=1S/Be.3FH/h;3*1H/p-3. The van der Waals surface area contributed by atoms with E-state index in [1.807, 2.05) is 0 Å². The van der Waals surface area contributed by atoms with Gasteiger partial charge in [-0.15, -0.1) is 0 Å². The van der Waals surface area contributed by atoms with Crippen LogP contribution in [0.25, 0.3) is 0 Å². The molecule has 0 unspecified atom stereocenters. The third-order valence-electron chi connectivity index (χ3n) is 0. The predicted molar refractivity (Wildman–Crippen MR) is 5.75 cm³/mol. The molecule has 0 fully saturated rings. The smallest absolute Gasteiger partial charge is 0 e. The second-order valence-corrected chi connectivity index (χ2v) is 0. The molecule has 0 bridgehead atoms. The van der Waals surface area contributed by atoms with Gasteiger partial charge in [0.2, 0.25) is 0 Å². The Hall–Kier alpha value is -0.0412. The molecule has 0 aromatic heterocycles. The van der Waals surface area contributed by atoms with Crippen molar-refractivity contribution in [1.82, 2.24) is 0 Å². The van der Waals surface area contributed by atoms with Crippen LogP contribution in [0.5, 0.6) is 0 Å². The van der Waals surface area contributed by atoms with Gasteiger partial charge in [-0.1, -0.05) is 0 Å². The van der Waals surface area contributed by atoms with Gasteiger partial charge in [0.05, 0.1) is 0 Å². The molecule has 2 radical (unpaired) electrons. The summed E-state index contributed by atoms with van der Waals surface area (Å²) in [6.45, 7) is 0. The van der Waals surface area contributed by atoms with Gasteiger partial charge in [-0.05, 0) is 0 Å². The molecule has 0 aromatic rings. The molecule has 0 aliphatic rings. The molecule has 4 heteroatoms. The number of hydrogen-bond acceptors (Lipinski definition) is 0. The largest absolute Gasteiger partial charge is 1.00 e. The van der Waals surface area contributed by atoms with E-state index in [9.17, 15) is 0 Å². The molecule has 0 nitrogen and oxygen atoms in total. The van der Waals surface area contributed by atoms with E-state index in [1.54, 1.807) is 0 Å². The van der Waals surface area contributed by atoms with Crippen molar-refractivity contribution in [3.63, 3.8) is 0 Å². The van der Waals surface area contributed by atoms with Crippen molar-refractivity contribution in [2.24, 2.45) is 0 Å². The van der Waals surface area contributed by atoms with Crippen LogP contribution >= 0.6 is 0 Å². The third-order valence-corrected chi connectivity index (χ3v) is 0. The summed E-state index contributed by atoms with van der Waals surface area (Å²) < 4.78 is 0. The van der Waals surface area contributed by atoms with E-state index in [1.165, 1.54) is 0 Å². The van der Waals surface area contributed by atoms with Crippen molar-refractivity contribution in [1.29, 1.82) is 0 Å². The molecule has 4 heavy (non-hydrogen) atoms. The van der Waals surface area contributed by atoms with E-state index in [0.29, 0.717) is 0 Å². The van der Waals surface area contributed by atoms with E-state index < -0.39 is 0 Å². The maximum absolute atomic E-state index is 0. The Bertz CT molecular complexity index is 3.25. The van der Waals surface area contributed by atoms with E-state index in [4.69, 9.17) is 0 Å². The first-order valence-electron chi connectivity index (χ1n) is 0. The van der Waals surface area contributed by atoms with Gasteiger partial charge < -0.3 is 14.1 Å². The summed E-state index contributed by atoms with van der Waals surface area (Å²) in [5.74, 6) is 0. The molecule has 0 amide bonds. The Morgan fingerprint density at radius 3 is 0.500 bits per heavy atom. The normalized spacial score (nSPS) is 0. The van der Waals surface area contributed by atoms with Gasteiger partial charge in [0, 0.05) is 10.1 Å². The predicted octanol–water partition coefficient (Wildman–Crippen LogP) is -9.37. The number of rotatable bonds is 0. The van der Waals surface area contributed by atoms with Crippen LogP contribution in [0.3, 0.4) is 0 Å². The van der Waals surface area contributed by atoms with Gasteiger partial charge in [-0.2, -0.15) is 0 Å². The summed E-state index contributed by atoms with van der Waals surface area (Å²) in [6, 6.07) is 0. The molecular formula is BeF3-3. The molecule has 26 valence electrons. The molecule has 0 aliphatic carbocycles. The molecule has 0 rings (SSSR count). The summed E-state index contributed by atoms with van der Waals surface area (Å²) >= 11 is 0. The van der Waals surface area contributed by atoms with Gasteiger partial charge in [0.1, 0.15) is 0 Å². The van der Waals surface area contributed by atoms with Gasteiger partial charge in [-0.3, -0.25) is 0 Å². The first kappa shape index (κ1) is 20400. The third kappa shape index (κ3) is 1060. The Balaban J connectivity index is 0. The molecular weight excluding hydrogens is 66.0 g/mol. The first-order valence-corrected chi connectivity index (χ1v) is 0. The molecule has 0 spiro atoms. The van der Waals surface area contributed by atoms with E-state index in [0.717, 1.165) is 0 Å². The summed E-state index contributed by atoms with van der Waals surface area (Å²) in [5, 5.41) is 0. The van der Waals surface area contributed by atoms with E-state index in [2.05, 4.69) is 0 Å². The van der Waals surface area contributed by atoms with Crippen molar-refractivity contribution >= 4 is 10.1 Å². The van der Waals surface area contributed by atoms with Gasteiger partial charge in [0.15, 0.2) is 0 Å². The van der Waals surface area contributed by atoms with Crippen LogP contribution in [0.4, 0.5) is 0 Å². The SMILES string of the molecule is [Be].[F-].[F-].[F-]. The van der Waals surface area contributed by atoms with Crippen LogP contribution in [0.15, 0.2) is 0 Å². The van der Waals surface area contributed by atoms with Crippen LogP contribution in [0.1, 0.15) is 0 Å². The monoisotopic (exact) mass is 66.0 g/mol. The summed E-state index contributed by atoms with van der Waals surface area (Å²) in [5.41, 5.74) is 0. The molecule has 0 aliphatic heterocycles. The van der Waals surface area contributed by atoms with Crippen LogP contribution < -0.4 is 14.1 Å². The fourth-order valence-electron chi connectivity index (χ4n) is 0. The quantitative estimate of drug-likeness (QED) is 0.246. The maximum atomic E-state index is 0. The fraction of sp³-hybridized carbons (Fsp3) is 0. The van der Waals surface area contributed by atoms with Gasteiger partial charge in [0.25, 0.3) is 0 Å². The average Bonchev–Trinajstić information content (AvgIpc) is 0. The van der Waals surface area contributed by atoms with Crippen molar-refractivity contribution < 1.29 is 14.1 Å². The molecule has 0 aromatic carbocycles. The minimum absolute atomic E-state index is 0. The average molecular weight is 66.0 g/mol. The molecule has 0 saturated carbocycles. The van der Waals surface area contributed by atoms with Crippen LogP contribution in [0, 0.1) is 0 Å². The maximum Gasteiger partial charge on any atom is 0 e. The van der Waals surface area contributed by atoms with Gasteiger partial charge >= 0.3 is 0 Å². The summed E-state index contributed by atoms with van der Waals surface area (Å²) in [7, 11) is 0. The van der Waals surface area contributed by atoms with Crippen LogP contribution in [0.2, 0.25) is 0 Å². The molecule has 0 heterocycles. The van der Waals surface area contributed by atoms with Gasteiger partial charge in [-0.25, -0.2) is 0 Å².